The number of amides is 1. The molecule has 2 aromatic heterocycles. The van der Waals surface area contributed by atoms with Crippen LogP contribution >= 0.6 is 0 Å². The van der Waals surface area contributed by atoms with E-state index in [1.807, 2.05) is 24.7 Å². The van der Waals surface area contributed by atoms with Crippen LogP contribution in [-0.2, 0) is 11.8 Å². The minimum absolute atomic E-state index is 0.155. The number of morpholine rings is 1. The molecule has 1 saturated heterocycles. The van der Waals surface area contributed by atoms with Crippen molar-refractivity contribution in [1.29, 1.82) is 0 Å². The van der Waals surface area contributed by atoms with Crippen LogP contribution in [0.5, 0.6) is 0 Å². The molecule has 8 nitrogen and oxygen atoms in total. The van der Waals surface area contributed by atoms with Crippen molar-refractivity contribution in [2.75, 3.05) is 19.7 Å². The highest BCUT2D eigenvalue weighted by Gasteiger charge is 2.29. The summed E-state index contributed by atoms with van der Waals surface area (Å²) in [6, 6.07) is 1.58. The molecule has 1 atom stereocenters. The van der Waals surface area contributed by atoms with E-state index in [1.54, 1.807) is 17.9 Å². The fourth-order valence-electron chi connectivity index (χ4n) is 2.77. The van der Waals surface area contributed by atoms with Crippen LogP contribution in [0.1, 0.15) is 33.8 Å². The summed E-state index contributed by atoms with van der Waals surface area (Å²) in [6.07, 6.45) is 1.63. The number of imidazole rings is 1. The Morgan fingerprint density at radius 3 is 2.83 bits per heavy atom. The summed E-state index contributed by atoms with van der Waals surface area (Å²) >= 11 is 0. The summed E-state index contributed by atoms with van der Waals surface area (Å²) in [4.78, 5) is 36.5. The molecule has 1 aliphatic rings. The number of carbonyl (C=O) groups is 1. The molecular formula is C15H19N5O3. The molecule has 8 heteroatoms. The molecule has 1 unspecified atom stereocenters. The summed E-state index contributed by atoms with van der Waals surface area (Å²) in [7, 11) is 1.90. The Balaban J connectivity index is 1.82. The zero-order chi connectivity index (χ0) is 16.6. The number of aromatic nitrogens is 4. The SMILES string of the molecule is Cc1cn(C)c(C2CN(C(=O)c3cc(C)[nH]c(=O)n3)CCO2)n1. The molecule has 3 rings (SSSR count). The number of aromatic amines is 1. The maximum absolute atomic E-state index is 12.6. The van der Waals surface area contributed by atoms with Crippen molar-refractivity contribution in [3.05, 3.63) is 45.7 Å². The normalized spacial score (nSPS) is 18.2. The first-order chi connectivity index (χ1) is 10.9. The third-order valence-electron chi connectivity index (χ3n) is 3.77. The topological polar surface area (TPSA) is 93.1 Å². The highest BCUT2D eigenvalue weighted by molar-refractivity contribution is 5.92. The van der Waals surface area contributed by atoms with Crippen LogP contribution in [0.25, 0.3) is 0 Å². The average Bonchev–Trinajstić information content (AvgIpc) is 2.84. The minimum Gasteiger partial charge on any atom is -0.367 e. The summed E-state index contributed by atoms with van der Waals surface area (Å²) < 4.78 is 7.66. The average molecular weight is 317 g/mol. The molecule has 0 bridgehead atoms. The maximum atomic E-state index is 12.6. The van der Waals surface area contributed by atoms with Gasteiger partial charge in [0, 0.05) is 25.5 Å². The predicted molar refractivity (Wildman–Crippen MR) is 82.1 cm³/mol. The number of nitrogens with one attached hydrogen (secondary N) is 1. The first-order valence-electron chi connectivity index (χ1n) is 7.43. The fourth-order valence-corrected chi connectivity index (χ4v) is 2.77. The molecule has 23 heavy (non-hydrogen) atoms. The van der Waals surface area contributed by atoms with Crippen LogP contribution in [-0.4, -0.2) is 50.0 Å². The summed E-state index contributed by atoms with van der Waals surface area (Å²) in [6.45, 7) is 4.91. The van der Waals surface area contributed by atoms with Crippen molar-refractivity contribution in [3.63, 3.8) is 0 Å². The largest absolute Gasteiger partial charge is 0.367 e. The quantitative estimate of drug-likeness (QED) is 0.862. The third kappa shape index (κ3) is 3.16. The second-order valence-electron chi connectivity index (χ2n) is 5.72. The van der Waals surface area contributed by atoms with Gasteiger partial charge in [-0.2, -0.15) is 4.98 Å². The van der Waals surface area contributed by atoms with Crippen LogP contribution in [0.3, 0.4) is 0 Å². The van der Waals surface area contributed by atoms with Gasteiger partial charge in [0.2, 0.25) is 0 Å². The summed E-state index contributed by atoms with van der Waals surface area (Å²) in [5.41, 5.74) is 1.15. The van der Waals surface area contributed by atoms with Crippen LogP contribution in [0, 0.1) is 13.8 Å². The molecule has 1 fully saturated rings. The van der Waals surface area contributed by atoms with E-state index in [9.17, 15) is 9.59 Å². The van der Waals surface area contributed by atoms with E-state index >= 15 is 0 Å². The van der Waals surface area contributed by atoms with Crippen molar-refractivity contribution in [2.45, 2.75) is 20.0 Å². The third-order valence-corrected chi connectivity index (χ3v) is 3.77. The zero-order valence-electron chi connectivity index (χ0n) is 13.4. The zero-order valence-corrected chi connectivity index (χ0v) is 13.4. The molecule has 0 saturated carbocycles. The Bertz CT molecular complexity index is 795. The first-order valence-corrected chi connectivity index (χ1v) is 7.43. The summed E-state index contributed by atoms with van der Waals surface area (Å²) in [5, 5.41) is 0. The second kappa shape index (κ2) is 5.96. The van der Waals surface area contributed by atoms with Gasteiger partial charge in [-0.3, -0.25) is 4.79 Å². The molecule has 0 spiro atoms. The fraction of sp³-hybridized carbons (Fsp3) is 0.467. The highest BCUT2D eigenvalue weighted by atomic mass is 16.5. The van der Waals surface area contributed by atoms with Crippen LogP contribution in [0.4, 0.5) is 0 Å². The Labute approximate surface area is 133 Å². The van der Waals surface area contributed by atoms with Crippen LogP contribution in [0.15, 0.2) is 17.1 Å². The highest BCUT2D eigenvalue weighted by Crippen LogP contribution is 2.22. The molecule has 122 valence electrons. The number of rotatable bonds is 2. The van der Waals surface area contributed by atoms with Crippen molar-refractivity contribution >= 4 is 5.91 Å². The number of ether oxygens (including phenoxy) is 1. The monoisotopic (exact) mass is 317 g/mol. The molecule has 0 aromatic carbocycles. The number of hydrogen-bond donors (Lipinski definition) is 1. The van der Waals surface area contributed by atoms with Gasteiger partial charge in [-0.1, -0.05) is 0 Å². The van der Waals surface area contributed by atoms with Crippen LogP contribution < -0.4 is 5.69 Å². The second-order valence-corrected chi connectivity index (χ2v) is 5.72. The van der Waals surface area contributed by atoms with Crippen molar-refractivity contribution in [2.24, 2.45) is 7.05 Å². The number of carbonyl (C=O) groups excluding carboxylic acids is 1. The lowest BCUT2D eigenvalue weighted by atomic mass is 10.2. The molecule has 0 aliphatic carbocycles. The van der Waals surface area contributed by atoms with E-state index in [4.69, 9.17) is 4.74 Å². The van der Waals surface area contributed by atoms with Gasteiger partial charge < -0.3 is 19.2 Å². The van der Waals surface area contributed by atoms with E-state index < -0.39 is 5.69 Å². The van der Waals surface area contributed by atoms with Gasteiger partial charge in [-0.05, 0) is 19.9 Å². The van der Waals surface area contributed by atoms with Crippen molar-refractivity contribution < 1.29 is 9.53 Å². The number of hydrogen-bond acceptors (Lipinski definition) is 5. The van der Waals surface area contributed by atoms with E-state index in [-0.39, 0.29) is 17.7 Å². The van der Waals surface area contributed by atoms with E-state index in [1.165, 1.54) is 0 Å². The van der Waals surface area contributed by atoms with Gasteiger partial charge in [0.15, 0.2) is 0 Å². The van der Waals surface area contributed by atoms with Crippen molar-refractivity contribution in [1.82, 2.24) is 24.4 Å². The molecule has 1 aliphatic heterocycles. The first kappa shape index (κ1) is 15.4. The maximum Gasteiger partial charge on any atom is 0.345 e. The van der Waals surface area contributed by atoms with Gasteiger partial charge >= 0.3 is 5.69 Å². The number of H-pyrrole nitrogens is 1. The summed E-state index contributed by atoms with van der Waals surface area (Å²) in [5.74, 6) is 0.522. The van der Waals surface area contributed by atoms with Gasteiger partial charge in [0.05, 0.1) is 18.8 Å². The van der Waals surface area contributed by atoms with E-state index in [2.05, 4.69) is 15.0 Å². The van der Waals surface area contributed by atoms with Crippen LogP contribution in [0.2, 0.25) is 0 Å². The van der Waals surface area contributed by atoms with E-state index in [0.29, 0.717) is 25.4 Å². The molecule has 1 amide bonds. The number of aryl methyl sites for hydroxylation is 3. The lowest BCUT2D eigenvalue weighted by Gasteiger charge is -2.32. The Kier molecular flexibility index (Phi) is 3.99. The van der Waals surface area contributed by atoms with Gasteiger partial charge in [-0.15, -0.1) is 0 Å². The van der Waals surface area contributed by atoms with Gasteiger partial charge in [0.1, 0.15) is 17.6 Å². The molecule has 3 heterocycles. The number of nitrogens with zero attached hydrogens (tertiary/aromatic N) is 4. The smallest absolute Gasteiger partial charge is 0.345 e. The van der Waals surface area contributed by atoms with Gasteiger partial charge in [0.25, 0.3) is 5.91 Å². The lowest BCUT2D eigenvalue weighted by molar-refractivity contribution is -0.0281. The molecule has 0 radical (unpaired) electrons. The minimum atomic E-state index is -0.516. The standard InChI is InChI=1S/C15H19N5O3/c1-9-6-11(18-15(22)17-9)14(21)20-4-5-23-12(8-20)13-16-10(2)7-19(13)3/h6-7,12H,4-5,8H2,1-3H3,(H,17,18,22). The molecule has 2 aromatic rings. The molecule has 1 N–H and O–H groups in total. The Hall–Kier alpha value is -2.48. The Morgan fingerprint density at radius 1 is 1.39 bits per heavy atom. The Morgan fingerprint density at radius 2 is 2.17 bits per heavy atom. The lowest BCUT2D eigenvalue weighted by Crippen LogP contribution is -2.43. The van der Waals surface area contributed by atoms with Gasteiger partial charge in [-0.25, -0.2) is 9.78 Å². The predicted octanol–water partition coefficient (Wildman–Crippen LogP) is 0.334. The molecular weight excluding hydrogens is 298 g/mol. The van der Waals surface area contributed by atoms with Crippen molar-refractivity contribution in [3.8, 4) is 0 Å². The van der Waals surface area contributed by atoms with E-state index in [0.717, 1.165) is 11.5 Å².